The summed E-state index contributed by atoms with van der Waals surface area (Å²) in [6.45, 7) is 2.91. The van der Waals surface area contributed by atoms with Gasteiger partial charge in [-0.2, -0.15) is 0 Å². The first kappa shape index (κ1) is 17.8. The first-order valence-electron chi connectivity index (χ1n) is 6.46. The van der Waals surface area contributed by atoms with E-state index in [1.807, 2.05) is 0 Å². The smallest absolute Gasteiger partial charge is 0.327 e. The molecular formula is C13H16BrClN4O2. The van der Waals surface area contributed by atoms with Gasteiger partial charge < -0.3 is 10.1 Å². The molecule has 1 N–H and O–H groups in total. The summed E-state index contributed by atoms with van der Waals surface area (Å²) in [5.41, 5.74) is 8.87. The summed E-state index contributed by atoms with van der Waals surface area (Å²) in [5.74, 6) is -0.388. The molecule has 0 bridgehead atoms. The summed E-state index contributed by atoms with van der Waals surface area (Å²) in [6, 6.07) is 4.65. The Morgan fingerprint density at radius 3 is 3.05 bits per heavy atom. The number of rotatable bonds is 8. The molecule has 1 aromatic rings. The Hall–Kier alpha value is -1.27. The molecule has 0 aliphatic heterocycles. The minimum absolute atomic E-state index is 0.293. The predicted molar refractivity (Wildman–Crippen MR) is 85.2 cm³/mol. The molecule has 0 heterocycles. The minimum atomic E-state index is -0.652. The lowest BCUT2D eigenvalue weighted by atomic mass is 10.1. The maximum absolute atomic E-state index is 12.1. The molecule has 8 heteroatoms. The van der Waals surface area contributed by atoms with Gasteiger partial charge in [0.25, 0.3) is 0 Å². The molecule has 1 atom stereocenters. The molecular weight excluding hydrogens is 360 g/mol. The predicted octanol–water partition coefficient (Wildman–Crippen LogP) is 4.00. The third-order valence-electron chi connectivity index (χ3n) is 2.64. The maximum atomic E-state index is 12.1. The zero-order chi connectivity index (χ0) is 15.7. The molecule has 0 saturated carbocycles. The zero-order valence-electron chi connectivity index (χ0n) is 11.6. The van der Waals surface area contributed by atoms with Crippen LogP contribution in [0.15, 0.2) is 27.8 Å². The average Bonchev–Trinajstić information content (AvgIpc) is 2.46. The van der Waals surface area contributed by atoms with Gasteiger partial charge in [-0.1, -0.05) is 32.6 Å². The van der Waals surface area contributed by atoms with Crippen LogP contribution in [0.3, 0.4) is 0 Å². The highest BCUT2D eigenvalue weighted by molar-refractivity contribution is 9.10. The van der Waals surface area contributed by atoms with E-state index in [2.05, 4.69) is 31.3 Å². The van der Waals surface area contributed by atoms with Gasteiger partial charge in [0.05, 0.1) is 6.61 Å². The number of carbonyl (C=O) groups excluding carboxylic acids is 1. The second kappa shape index (κ2) is 9.63. The number of ether oxygens (including phenoxy) is 1. The molecule has 6 nitrogen and oxygen atoms in total. The maximum Gasteiger partial charge on any atom is 0.327 e. The summed E-state index contributed by atoms with van der Waals surface area (Å²) in [6.07, 6.45) is 0.617. The number of carbonyl (C=O) groups is 1. The van der Waals surface area contributed by atoms with Crippen LogP contribution in [-0.4, -0.2) is 25.7 Å². The quantitative estimate of drug-likeness (QED) is 0.245. The van der Waals surface area contributed by atoms with Gasteiger partial charge in [0, 0.05) is 21.0 Å². The van der Waals surface area contributed by atoms with E-state index in [0.29, 0.717) is 36.7 Å². The van der Waals surface area contributed by atoms with Gasteiger partial charge in [0.2, 0.25) is 0 Å². The van der Waals surface area contributed by atoms with Crippen LogP contribution in [0.5, 0.6) is 0 Å². The van der Waals surface area contributed by atoms with Crippen LogP contribution in [0.1, 0.15) is 24.9 Å². The third kappa shape index (κ3) is 5.93. The summed E-state index contributed by atoms with van der Waals surface area (Å²) in [4.78, 5) is 14.8. The van der Waals surface area contributed by atoms with Crippen molar-refractivity contribution in [1.29, 1.82) is 0 Å². The van der Waals surface area contributed by atoms with E-state index < -0.39 is 6.04 Å². The molecule has 0 radical (unpaired) electrons. The molecule has 0 aliphatic rings. The largest absolute Gasteiger partial charge is 0.465 e. The molecule has 0 aliphatic carbocycles. The SMILES string of the molecule is CCOC(=O)C(NCCCN=[N+]=[N-])c1cc(Br)ccc1Cl. The fraction of sp³-hybridized carbons (Fsp3) is 0.462. The van der Waals surface area contributed by atoms with E-state index in [-0.39, 0.29) is 5.97 Å². The average molecular weight is 376 g/mol. The van der Waals surface area contributed by atoms with E-state index in [0.717, 1.165) is 4.47 Å². The van der Waals surface area contributed by atoms with E-state index >= 15 is 0 Å². The number of esters is 1. The second-order valence-electron chi connectivity index (χ2n) is 4.11. The number of halogens is 2. The topological polar surface area (TPSA) is 87.1 Å². The van der Waals surface area contributed by atoms with Gasteiger partial charge in [-0.3, -0.25) is 0 Å². The van der Waals surface area contributed by atoms with Crippen molar-refractivity contribution in [3.8, 4) is 0 Å². The lowest BCUT2D eigenvalue weighted by Crippen LogP contribution is -2.31. The van der Waals surface area contributed by atoms with Crippen LogP contribution in [0.4, 0.5) is 0 Å². The zero-order valence-corrected chi connectivity index (χ0v) is 13.9. The molecule has 0 fully saturated rings. The molecule has 21 heavy (non-hydrogen) atoms. The van der Waals surface area contributed by atoms with Gasteiger partial charge in [0.15, 0.2) is 0 Å². The van der Waals surface area contributed by atoms with Crippen molar-refractivity contribution < 1.29 is 9.53 Å². The molecule has 0 saturated heterocycles. The van der Waals surface area contributed by atoms with Crippen LogP contribution in [-0.2, 0) is 9.53 Å². The van der Waals surface area contributed by atoms with Crippen molar-refractivity contribution in [1.82, 2.24) is 5.32 Å². The Morgan fingerprint density at radius 1 is 1.62 bits per heavy atom. The van der Waals surface area contributed by atoms with E-state index in [4.69, 9.17) is 21.9 Å². The normalized spacial score (nSPS) is 11.6. The fourth-order valence-corrected chi connectivity index (χ4v) is 2.33. The van der Waals surface area contributed by atoms with E-state index in [9.17, 15) is 4.79 Å². The van der Waals surface area contributed by atoms with Gasteiger partial charge in [-0.15, -0.1) is 0 Å². The van der Waals surface area contributed by atoms with Gasteiger partial charge in [-0.05, 0) is 49.2 Å². The van der Waals surface area contributed by atoms with Crippen LogP contribution < -0.4 is 5.32 Å². The van der Waals surface area contributed by atoms with Gasteiger partial charge >= 0.3 is 5.97 Å². The van der Waals surface area contributed by atoms with Crippen LogP contribution in [0.25, 0.3) is 10.4 Å². The van der Waals surface area contributed by atoms with Gasteiger partial charge in [-0.25, -0.2) is 4.79 Å². The highest BCUT2D eigenvalue weighted by Crippen LogP contribution is 2.27. The molecule has 0 amide bonds. The summed E-state index contributed by atoms with van der Waals surface area (Å²) in [7, 11) is 0. The molecule has 114 valence electrons. The lowest BCUT2D eigenvalue weighted by molar-refractivity contribution is -0.145. The van der Waals surface area contributed by atoms with Crippen molar-refractivity contribution in [2.45, 2.75) is 19.4 Å². The first-order valence-corrected chi connectivity index (χ1v) is 7.63. The Kier molecular flexibility index (Phi) is 8.15. The molecule has 0 aromatic heterocycles. The lowest BCUT2D eigenvalue weighted by Gasteiger charge is -2.19. The summed E-state index contributed by atoms with van der Waals surface area (Å²) < 4.78 is 5.90. The molecule has 0 spiro atoms. The van der Waals surface area contributed by atoms with Gasteiger partial charge in [0.1, 0.15) is 6.04 Å². The third-order valence-corrected chi connectivity index (χ3v) is 3.48. The van der Waals surface area contributed by atoms with E-state index in [1.54, 1.807) is 25.1 Å². The second-order valence-corrected chi connectivity index (χ2v) is 5.44. The number of hydrogen-bond donors (Lipinski definition) is 1. The summed E-state index contributed by atoms with van der Waals surface area (Å²) in [5, 5.41) is 7.01. The monoisotopic (exact) mass is 374 g/mol. The van der Waals surface area contributed by atoms with Crippen molar-refractivity contribution >= 4 is 33.5 Å². The van der Waals surface area contributed by atoms with Crippen molar-refractivity contribution in [2.24, 2.45) is 5.11 Å². The Bertz CT molecular complexity index is 535. The Balaban J connectivity index is 2.83. The van der Waals surface area contributed by atoms with E-state index in [1.165, 1.54) is 0 Å². The number of azide groups is 1. The minimum Gasteiger partial charge on any atom is -0.465 e. The number of benzene rings is 1. The highest BCUT2D eigenvalue weighted by Gasteiger charge is 2.23. The van der Waals surface area contributed by atoms with Crippen molar-refractivity contribution in [2.75, 3.05) is 19.7 Å². The first-order chi connectivity index (χ1) is 10.1. The van der Waals surface area contributed by atoms with Crippen LogP contribution in [0, 0.1) is 0 Å². The standard InChI is InChI=1S/C13H16BrClN4O2/c1-2-21-13(20)12(17-6-3-7-18-19-16)10-8-9(14)4-5-11(10)15/h4-5,8,12,17H,2-3,6-7H2,1H3. The Labute approximate surface area is 136 Å². The highest BCUT2D eigenvalue weighted by atomic mass is 79.9. The summed E-state index contributed by atoms with van der Waals surface area (Å²) >= 11 is 9.52. The Morgan fingerprint density at radius 2 is 2.38 bits per heavy atom. The molecule has 1 rings (SSSR count). The van der Waals surface area contributed by atoms with Crippen LogP contribution >= 0.6 is 27.5 Å². The fourth-order valence-electron chi connectivity index (χ4n) is 1.72. The number of nitrogens with zero attached hydrogens (tertiary/aromatic N) is 3. The number of hydrogen-bond acceptors (Lipinski definition) is 4. The molecule has 1 unspecified atom stereocenters. The van der Waals surface area contributed by atoms with Crippen molar-refractivity contribution in [3.05, 3.63) is 43.7 Å². The van der Waals surface area contributed by atoms with Crippen molar-refractivity contribution in [3.63, 3.8) is 0 Å². The van der Waals surface area contributed by atoms with Crippen LogP contribution in [0.2, 0.25) is 5.02 Å². The number of nitrogens with one attached hydrogen (secondary N) is 1. The molecule has 1 aromatic carbocycles.